The molecule has 0 aliphatic carbocycles. The molecule has 0 radical (unpaired) electrons. The molecule has 60 valence electrons. The summed E-state index contributed by atoms with van der Waals surface area (Å²) in [5.41, 5.74) is 8.19. The maximum atomic E-state index is 5.58. The number of hydrogen-bond acceptors (Lipinski definition) is 2. The maximum absolute atomic E-state index is 5.58. The molecular weight excluding hydrogens is 154 g/mol. The van der Waals surface area contributed by atoms with Crippen LogP contribution in [0.1, 0.15) is 18.1 Å². The van der Waals surface area contributed by atoms with Crippen LogP contribution in [0.15, 0.2) is 16.8 Å². The third kappa shape index (κ3) is 2.48. The molecule has 1 aromatic heterocycles. The molecule has 0 amide bonds. The summed E-state index contributed by atoms with van der Waals surface area (Å²) in [6, 6.07) is 0.147. The second kappa shape index (κ2) is 3.69. The van der Waals surface area contributed by atoms with Gasteiger partial charge in [-0.3, -0.25) is 0 Å². The fraction of sp³-hybridized carbons (Fsp3) is 0.333. The first-order valence-electron chi connectivity index (χ1n) is 3.66. The van der Waals surface area contributed by atoms with E-state index in [0.717, 1.165) is 0 Å². The van der Waals surface area contributed by atoms with E-state index < -0.39 is 0 Å². The van der Waals surface area contributed by atoms with Crippen molar-refractivity contribution < 1.29 is 0 Å². The number of rotatable bonds is 2. The second-order valence-corrected chi connectivity index (χ2v) is 3.47. The van der Waals surface area contributed by atoms with Crippen LogP contribution in [0.3, 0.4) is 0 Å². The zero-order chi connectivity index (χ0) is 8.27. The van der Waals surface area contributed by atoms with E-state index in [1.165, 1.54) is 11.1 Å². The fourth-order valence-electron chi connectivity index (χ4n) is 0.797. The zero-order valence-corrected chi connectivity index (χ0v) is 7.69. The Hall–Kier alpha value is -0.600. The summed E-state index contributed by atoms with van der Waals surface area (Å²) in [5, 5.41) is 4.27. The van der Waals surface area contributed by atoms with Crippen molar-refractivity contribution in [1.82, 2.24) is 0 Å². The highest BCUT2D eigenvalue weighted by Gasteiger charge is 1.93. The van der Waals surface area contributed by atoms with Crippen molar-refractivity contribution in [2.45, 2.75) is 19.9 Å². The van der Waals surface area contributed by atoms with E-state index in [-0.39, 0.29) is 6.04 Å². The Morgan fingerprint density at radius 2 is 2.27 bits per heavy atom. The highest BCUT2D eigenvalue weighted by Crippen LogP contribution is 2.14. The standard InChI is InChI=1S/C9H13NS/c1-7-5-11-6-9(7)4-3-8(2)10/h3-6,8H,10H2,1-2H3/b4-3+. The van der Waals surface area contributed by atoms with Gasteiger partial charge in [0.05, 0.1) is 0 Å². The average Bonchev–Trinajstić information content (AvgIpc) is 2.31. The van der Waals surface area contributed by atoms with Crippen LogP contribution < -0.4 is 5.73 Å². The summed E-state index contributed by atoms with van der Waals surface area (Å²) in [6.45, 7) is 4.08. The van der Waals surface area contributed by atoms with Crippen LogP contribution in [0.5, 0.6) is 0 Å². The molecule has 0 bridgehead atoms. The first kappa shape index (κ1) is 8.50. The monoisotopic (exact) mass is 167 g/mol. The van der Waals surface area contributed by atoms with Crippen LogP contribution in [0.25, 0.3) is 6.08 Å². The summed E-state index contributed by atoms with van der Waals surface area (Å²) in [4.78, 5) is 0. The number of thiophene rings is 1. The SMILES string of the molecule is Cc1cscc1/C=C/C(C)N. The van der Waals surface area contributed by atoms with Crippen molar-refractivity contribution in [3.8, 4) is 0 Å². The molecule has 1 heterocycles. The van der Waals surface area contributed by atoms with Crippen LogP contribution in [0, 0.1) is 6.92 Å². The van der Waals surface area contributed by atoms with Gasteiger partial charge in [0.2, 0.25) is 0 Å². The van der Waals surface area contributed by atoms with Gasteiger partial charge in [0.25, 0.3) is 0 Å². The lowest BCUT2D eigenvalue weighted by atomic mass is 10.2. The van der Waals surface area contributed by atoms with E-state index in [1.54, 1.807) is 11.3 Å². The normalized spacial score (nSPS) is 14.1. The zero-order valence-electron chi connectivity index (χ0n) is 6.87. The van der Waals surface area contributed by atoms with E-state index >= 15 is 0 Å². The van der Waals surface area contributed by atoms with Gasteiger partial charge < -0.3 is 5.73 Å². The fourth-order valence-corrected chi connectivity index (χ4v) is 1.62. The highest BCUT2D eigenvalue weighted by molar-refractivity contribution is 7.08. The third-order valence-electron chi connectivity index (χ3n) is 1.47. The first-order chi connectivity index (χ1) is 5.20. The minimum atomic E-state index is 0.147. The van der Waals surface area contributed by atoms with Crippen LogP contribution in [0.2, 0.25) is 0 Å². The molecule has 1 aromatic rings. The summed E-state index contributed by atoms with van der Waals surface area (Å²) in [6.07, 6.45) is 4.09. The van der Waals surface area contributed by atoms with E-state index in [9.17, 15) is 0 Å². The lowest BCUT2D eigenvalue weighted by Gasteiger charge is -1.93. The molecule has 1 unspecified atom stereocenters. The van der Waals surface area contributed by atoms with Gasteiger partial charge in [0.15, 0.2) is 0 Å². The van der Waals surface area contributed by atoms with E-state index in [0.29, 0.717) is 0 Å². The molecular formula is C9H13NS. The summed E-state index contributed by atoms with van der Waals surface area (Å²) in [5.74, 6) is 0. The van der Waals surface area contributed by atoms with E-state index in [4.69, 9.17) is 5.73 Å². The maximum Gasteiger partial charge on any atom is 0.0198 e. The molecule has 1 nitrogen and oxygen atoms in total. The smallest absolute Gasteiger partial charge is 0.0198 e. The van der Waals surface area contributed by atoms with Gasteiger partial charge in [0, 0.05) is 6.04 Å². The van der Waals surface area contributed by atoms with Gasteiger partial charge >= 0.3 is 0 Å². The lowest BCUT2D eigenvalue weighted by molar-refractivity contribution is 0.931. The molecule has 0 aliphatic rings. The predicted molar refractivity (Wildman–Crippen MR) is 51.7 cm³/mol. The molecule has 0 aliphatic heterocycles. The van der Waals surface area contributed by atoms with Crippen molar-refractivity contribution in [2.75, 3.05) is 0 Å². The van der Waals surface area contributed by atoms with Crippen molar-refractivity contribution in [3.05, 3.63) is 28.0 Å². The summed E-state index contributed by atoms with van der Waals surface area (Å²) < 4.78 is 0. The number of aryl methyl sites for hydroxylation is 1. The van der Waals surface area contributed by atoms with Crippen molar-refractivity contribution in [1.29, 1.82) is 0 Å². The Balaban J connectivity index is 2.71. The third-order valence-corrected chi connectivity index (χ3v) is 2.35. The molecule has 2 N–H and O–H groups in total. The van der Waals surface area contributed by atoms with E-state index in [1.807, 2.05) is 13.0 Å². The molecule has 0 spiro atoms. The van der Waals surface area contributed by atoms with Gasteiger partial charge in [-0.1, -0.05) is 12.2 Å². The quantitative estimate of drug-likeness (QED) is 0.719. The van der Waals surface area contributed by atoms with Crippen molar-refractivity contribution >= 4 is 17.4 Å². The molecule has 11 heavy (non-hydrogen) atoms. The Labute approximate surface area is 71.5 Å². The van der Waals surface area contributed by atoms with Crippen LogP contribution in [-0.4, -0.2) is 6.04 Å². The van der Waals surface area contributed by atoms with Crippen LogP contribution in [0.4, 0.5) is 0 Å². The second-order valence-electron chi connectivity index (χ2n) is 2.73. The van der Waals surface area contributed by atoms with Crippen LogP contribution in [-0.2, 0) is 0 Å². The van der Waals surface area contributed by atoms with Gasteiger partial charge in [-0.15, -0.1) is 0 Å². The van der Waals surface area contributed by atoms with Crippen LogP contribution >= 0.6 is 11.3 Å². The Bertz CT molecular complexity index is 248. The summed E-state index contributed by atoms with van der Waals surface area (Å²) in [7, 11) is 0. The molecule has 0 saturated carbocycles. The molecule has 0 saturated heterocycles. The van der Waals surface area contributed by atoms with Gasteiger partial charge in [0.1, 0.15) is 0 Å². The molecule has 2 heteroatoms. The minimum Gasteiger partial charge on any atom is -0.325 e. The minimum absolute atomic E-state index is 0.147. The summed E-state index contributed by atoms with van der Waals surface area (Å²) >= 11 is 1.73. The van der Waals surface area contributed by atoms with Crippen molar-refractivity contribution in [3.63, 3.8) is 0 Å². The lowest BCUT2D eigenvalue weighted by Crippen LogP contribution is -2.09. The molecule has 0 aromatic carbocycles. The van der Waals surface area contributed by atoms with E-state index in [2.05, 4.69) is 23.8 Å². The molecule has 1 rings (SSSR count). The Morgan fingerprint density at radius 1 is 1.55 bits per heavy atom. The molecule has 1 atom stereocenters. The Kier molecular flexibility index (Phi) is 2.85. The largest absolute Gasteiger partial charge is 0.325 e. The average molecular weight is 167 g/mol. The van der Waals surface area contributed by atoms with Gasteiger partial charge in [-0.2, -0.15) is 11.3 Å². The predicted octanol–water partition coefficient (Wildman–Crippen LogP) is 2.42. The topological polar surface area (TPSA) is 26.0 Å². The van der Waals surface area contributed by atoms with Gasteiger partial charge in [-0.05, 0) is 35.7 Å². The van der Waals surface area contributed by atoms with Gasteiger partial charge in [-0.25, -0.2) is 0 Å². The Morgan fingerprint density at radius 3 is 2.73 bits per heavy atom. The number of nitrogens with two attached hydrogens (primary N) is 1. The number of hydrogen-bond donors (Lipinski definition) is 1. The highest BCUT2D eigenvalue weighted by atomic mass is 32.1. The van der Waals surface area contributed by atoms with Crippen molar-refractivity contribution in [2.24, 2.45) is 5.73 Å². The molecule has 0 fully saturated rings. The first-order valence-corrected chi connectivity index (χ1v) is 4.61.